The van der Waals surface area contributed by atoms with E-state index < -0.39 is 6.10 Å². The molecule has 0 aliphatic carbocycles. The monoisotopic (exact) mass is 237 g/mol. The lowest BCUT2D eigenvalue weighted by atomic mass is 10.2. The van der Waals surface area contributed by atoms with Crippen molar-refractivity contribution in [2.24, 2.45) is 0 Å². The van der Waals surface area contributed by atoms with Crippen LogP contribution in [0, 0.1) is 0 Å². The number of allylic oxidation sites excluding steroid dienone is 3. The molecule has 1 unspecified atom stereocenters. The van der Waals surface area contributed by atoms with Crippen molar-refractivity contribution in [3.63, 3.8) is 0 Å². The summed E-state index contributed by atoms with van der Waals surface area (Å²) < 4.78 is 0. The lowest BCUT2D eigenvalue weighted by molar-refractivity contribution is -0.116. The Hall–Kier alpha value is -1.39. The van der Waals surface area contributed by atoms with Crippen LogP contribution in [0.2, 0.25) is 0 Å². The van der Waals surface area contributed by atoms with Gasteiger partial charge in [-0.15, -0.1) is 0 Å². The molecule has 0 aliphatic heterocycles. The predicted molar refractivity (Wildman–Crippen MR) is 66.2 cm³/mol. The Morgan fingerprint density at radius 3 is 3.06 bits per heavy atom. The third-order valence-electron chi connectivity index (χ3n) is 1.95. The van der Waals surface area contributed by atoms with Crippen LogP contribution in [0.3, 0.4) is 0 Å². The largest absolute Gasteiger partial charge is 0.387 e. The van der Waals surface area contributed by atoms with Gasteiger partial charge < -0.3 is 10.4 Å². The second kappa shape index (κ2) is 6.98. The fraction of sp³-hybridized carbons (Fsp3) is 0.250. The SMILES string of the molecule is CC=CC=CC(=O)NCC(O)c1ccsc1. The molecule has 86 valence electrons. The number of aliphatic hydroxyl groups excluding tert-OH is 1. The molecular weight excluding hydrogens is 222 g/mol. The Morgan fingerprint density at radius 1 is 1.62 bits per heavy atom. The van der Waals surface area contributed by atoms with E-state index in [-0.39, 0.29) is 12.5 Å². The minimum Gasteiger partial charge on any atom is -0.387 e. The molecule has 1 aromatic heterocycles. The Balaban J connectivity index is 2.32. The maximum atomic E-state index is 11.3. The van der Waals surface area contributed by atoms with Gasteiger partial charge >= 0.3 is 0 Å². The van der Waals surface area contributed by atoms with Crippen molar-refractivity contribution >= 4 is 17.2 Å². The van der Waals surface area contributed by atoms with Crippen LogP contribution in [0.25, 0.3) is 0 Å². The molecule has 1 atom stereocenters. The number of carbonyl (C=O) groups is 1. The van der Waals surface area contributed by atoms with Gasteiger partial charge in [0.15, 0.2) is 0 Å². The van der Waals surface area contributed by atoms with E-state index >= 15 is 0 Å². The highest BCUT2D eigenvalue weighted by atomic mass is 32.1. The zero-order chi connectivity index (χ0) is 11.8. The van der Waals surface area contributed by atoms with Crippen LogP contribution in [-0.4, -0.2) is 17.6 Å². The Morgan fingerprint density at radius 2 is 2.44 bits per heavy atom. The minimum absolute atomic E-state index is 0.202. The summed E-state index contributed by atoms with van der Waals surface area (Å²) in [6, 6.07) is 1.84. The number of hydrogen-bond donors (Lipinski definition) is 2. The summed E-state index contributed by atoms with van der Waals surface area (Å²) in [4.78, 5) is 11.3. The van der Waals surface area contributed by atoms with Gasteiger partial charge in [-0.2, -0.15) is 11.3 Å². The molecule has 3 nitrogen and oxygen atoms in total. The number of thiophene rings is 1. The lowest BCUT2D eigenvalue weighted by Gasteiger charge is -2.08. The van der Waals surface area contributed by atoms with Crippen molar-refractivity contribution in [2.75, 3.05) is 6.54 Å². The normalized spacial score (nSPS) is 13.4. The zero-order valence-electron chi connectivity index (χ0n) is 9.09. The molecule has 4 heteroatoms. The Bertz CT molecular complexity index is 368. The molecular formula is C12H15NO2S. The molecule has 16 heavy (non-hydrogen) atoms. The molecule has 1 aromatic rings. The average molecular weight is 237 g/mol. The van der Waals surface area contributed by atoms with Gasteiger partial charge in [0.25, 0.3) is 0 Å². The van der Waals surface area contributed by atoms with E-state index in [1.807, 2.05) is 29.8 Å². The van der Waals surface area contributed by atoms with Crippen molar-refractivity contribution in [2.45, 2.75) is 13.0 Å². The van der Waals surface area contributed by atoms with Gasteiger partial charge in [-0.3, -0.25) is 4.79 Å². The zero-order valence-corrected chi connectivity index (χ0v) is 9.91. The second-order valence-corrected chi connectivity index (χ2v) is 3.98. The number of hydrogen-bond acceptors (Lipinski definition) is 3. The fourth-order valence-electron chi connectivity index (χ4n) is 1.09. The van der Waals surface area contributed by atoms with Crippen LogP contribution in [0.4, 0.5) is 0 Å². The molecule has 0 saturated heterocycles. The first kappa shape index (κ1) is 12.7. The number of carbonyl (C=O) groups excluding carboxylic acids is 1. The molecule has 1 amide bonds. The van der Waals surface area contributed by atoms with E-state index in [2.05, 4.69) is 5.32 Å². The fourth-order valence-corrected chi connectivity index (χ4v) is 1.80. The summed E-state index contributed by atoms with van der Waals surface area (Å²) in [5, 5.41) is 16.1. The molecule has 0 radical (unpaired) electrons. The van der Waals surface area contributed by atoms with Crippen LogP contribution in [0.15, 0.2) is 41.1 Å². The quantitative estimate of drug-likeness (QED) is 0.608. The van der Waals surface area contributed by atoms with E-state index in [1.54, 1.807) is 12.2 Å². The van der Waals surface area contributed by atoms with Crippen LogP contribution in [0.5, 0.6) is 0 Å². The first-order valence-corrected chi connectivity index (χ1v) is 5.95. The van der Waals surface area contributed by atoms with E-state index in [4.69, 9.17) is 0 Å². The van der Waals surface area contributed by atoms with Crippen LogP contribution >= 0.6 is 11.3 Å². The molecule has 0 fully saturated rings. The van der Waals surface area contributed by atoms with Crippen molar-refractivity contribution in [3.8, 4) is 0 Å². The summed E-state index contributed by atoms with van der Waals surface area (Å²) in [6.07, 6.45) is 6.07. The average Bonchev–Trinajstić information content (AvgIpc) is 2.79. The van der Waals surface area contributed by atoms with E-state index in [1.165, 1.54) is 17.4 Å². The van der Waals surface area contributed by atoms with Crippen LogP contribution < -0.4 is 5.32 Å². The molecule has 0 aliphatic rings. The molecule has 0 aromatic carbocycles. The summed E-state index contributed by atoms with van der Waals surface area (Å²) in [6.45, 7) is 2.11. The van der Waals surface area contributed by atoms with Crippen molar-refractivity contribution in [1.29, 1.82) is 0 Å². The highest BCUT2D eigenvalue weighted by molar-refractivity contribution is 7.07. The Kier molecular flexibility index (Phi) is 5.53. The second-order valence-electron chi connectivity index (χ2n) is 3.20. The summed E-state index contributed by atoms with van der Waals surface area (Å²) in [5.74, 6) is -0.202. The minimum atomic E-state index is -0.634. The summed E-state index contributed by atoms with van der Waals surface area (Å²) in [7, 11) is 0. The number of amides is 1. The smallest absolute Gasteiger partial charge is 0.244 e. The number of rotatable bonds is 5. The molecule has 1 rings (SSSR count). The van der Waals surface area contributed by atoms with Gasteiger partial charge in [0, 0.05) is 12.6 Å². The van der Waals surface area contributed by atoms with Gasteiger partial charge in [0.05, 0.1) is 6.10 Å². The molecule has 0 spiro atoms. The van der Waals surface area contributed by atoms with E-state index in [9.17, 15) is 9.90 Å². The van der Waals surface area contributed by atoms with E-state index in [0.29, 0.717) is 0 Å². The molecule has 2 N–H and O–H groups in total. The summed E-state index contributed by atoms with van der Waals surface area (Å²) in [5.41, 5.74) is 0.836. The third kappa shape index (κ3) is 4.42. The number of aliphatic hydroxyl groups is 1. The first-order chi connectivity index (χ1) is 7.74. The van der Waals surface area contributed by atoms with Crippen molar-refractivity contribution in [3.05, 3.63) is 46.7 Å². The molecule has 0 bridgehead atoms. The molecule has 1 heterocycles. The van der Waals surface area contributed by atoms with Gasteiger partial charge in [-0.25, -0.2) is 0 Å². The van der Waals surface area contributed by atoms with Crippen LogP contribution in [-0.2, 0) is 4.79 Å². The first-order valence-electron chi connectivity index (χ1n) is 5.01. The van der Waals surface area contributed by atoms with Crippen LogP contribution in [0.1, 0.15) is 18.6 Å². The van der Waals surface area contributed by atoms with Gasteiger partial charge in [-0.1, -0.05) is 18.2 Å². The summed E-state index contributed by atoms with van der Waals surface area (Å²) >= 11 is 1.52. The number of nitrogens with one attached hydrogen (secondary N) is 1. The molecule has 0 saturated carbocycles. The maximum Gasteiger partial charge on any atom is 0.244 e. The van der Waals surface area contributed by atoms with E-state index in [0.717, 1.165) is 5.56 Å². The van der Waals surface area contributed by atoms with Gasteiger partial charge in [-0.05, 0) is 29.3 Å². The maximum absolute atomic E-state index is 11.3. The standard InChI is InChI=1S/C12H15NO2S/c1-2-3-4-5-12(15)13-8-11(14)10-6-7-16-9-10/h2-7,9,11,14H,8H2,1H3,(H,13,15). The predicted octanol–water partition coefficient (Wildman–Crippen LogP) is 2.03. The van der Waals surface area contributed by atoms with Gasteiger partial charge in [0.1, 0.15) is 0 Å². The third-order valence-corrected chi connectivity index (χ3v) is 2.65. The lowest BCUT2D eigenvalue weighted by Crippen LogP contribution is -2.26. The van der Waals surface area contributed by atoms with Gasteiger partial charge in [0.2, 0.25) is 5.91 Å². The topological polar surface area (TPSA) is 49.3 Å². The highest BCUT2D eigenvalue weighted by Crippen LogP contribution is 2.14. The highest BCUT2D eigenvalue weighted by Gasteiger charge is 2.07. The van der Waals surface area contributed by atoms with Crippen molar-refractivity contribution < 1.29 is 9.90 Å². The van der Waals surface area contributed by atoms with Crippen molar-refractivity contribution in [1.82, 2.24) is 5.32 Å². The Labute approximate surface area is 99.1 Å².